The summed E-state index contributed by atoms with van der Waals surface area (Å²) in [7, 11) is 0. The molecule has 1 N–H and O–H groups in total. The second kappa shape index (κ2) is 4.67. The highest BCUT2D eigenvalue weighted by Crippen LogP contribution is 2.16. The predicted octanol–water partition coefficient (Wildman–Crippen LogP) is 2.44. The molecule has 0 unspecified atom stereocenters. The van der Waals surface area contributed by atoms with Crippen LogP contribution in [0.2, 0.25) is 0 Å². The molecule has 2 heterocycles. The van der Waals surface area contributed by atoms with E-state index in [1.807, 2.05) is 18.3 Å². The van der Waals surface area contributed by atoms with Crippen LogP contribution in [0.5, 0.6) is 0 Å². The molecule has 4 heteroatoms. The van der Waals surface area contributed by atoms with Crippen molar-refractivity contribution in [3.63, 3.8) is 0 Å². The van der Waals surface area contributed by atoms with Crippen molar-refractivity contribution in [3.05, 3.63) is 41.9 Å². The van der Waals surface area contributed by atoms with Crippen LogP contribution in [-0.2, 0) is 0 Å². The van der Waals surface area contributed by atoms with Gasteiger partial charge in [0.2, 0.25) is 0 Å². The summed E-state index contributed by atoms with van der Waals surface area (Å²) in [6, 6.07) is 5.64. The van der Waals surface area contributed by atoms with Crippen LogP contribution in [0.15, 0.2) is 30.6 Å². The second-order valence-electron chi connectivity index (χ2n) is 4.46. The van der Waals surface area contributed by atoms with Gasteiger partial charge in [-0.1, -0.05) is 13.8 Å². The fraction of sp³-hybridized carbons (Fsp3) is 0.385. The van der Waals surface area contributed by atoms with E-state index in [1.54, 1.807) is 23.9 Å². The van der Waals surface area contributed by atoms with Gasteiger partial charge in [0, 0.05) is 12.4 Å². The SMILES string of the molecule is CC(C)c1ccn(-c2cc([C@H](C)O)ccn2)n1. The lowest BCUT2D eigenvalue weighted by atomic mass is 10.1. The maximum atomic E-state index is 9.53. The summed E-state index contributed by atoms with van der Waals surface area (Å²) < 4.78 is 1.74. The molecular weight excluding hydrogens is 214 g/mol. The Morgan fingerprint density at radius 3 is 2.59 bits per heavy atom. The Bertz CT molecular complexity index is 503. The monoisotopic (exact) mass is 231 g/mol. The lowest BCUT2D eigenvalue weighted by Crippen LogP contribution is -2.02. The quantitative estimate of drug-likeness (QED) is 0.882. The molecular formula is C13H17N3O. The molecule has 0 radical (unpaired) electrons. The first-order valence-corrected chi connectivity index (χ1v) is 5.78. The molecule has 0 aliphatic rings. The van der Waals surface area contributed by atoms with Gasteiger partial charge in [-0.2, -0.15) is 5.10 Å². The number of rotatable bonds is 3. The summed E-state index contributed by atoms with van der Waals surface area (Å²) in [5, 5.41) is 14.0. The normalized spacial score (nSPS) is 13.0. The molecule has 1 atom stereocenters. The lowest BCUT2D eigenvalue weighted by Gasteiger charge is -2.06. The second-order valence-corrected chi connectivity index (χ2v) is 4.46. The van der Waals surface area contributed by atoms with Crippen LogP contribution in [0.3, 0.4) is 0 Å². The van der Waals surface area contributed by atoms with E-state index in [2.05, 4.69) is 23.9 Å². The smallest absolute Gasteiger partial charge is 0.153 e. The van der Waals surface area contributed by atoms with Crippen LogP contribution < -0.4 is 0 Å². The first-order valence-electron chi connectivity index (χ1n) is 5.78. The van der Waals surface area contributed by atoms with Crippen molar-refractivity contribution < 1.29 is 5.11 Å². The van der Waals surface area contributed by atoms with Crippen LogP contribution in [0.25, 0.3) is 5.82 Å². The number of pyridine rings is 1. The summed E-state index contributed by atoms with van der Waals surface area (Å²) in [5.41, 5.74) is 1.88. The van der Waals surface area contributed by atoms with Crippen LogP contribution in [-0.4, -0.2) is 19.9 Å². The standard InChI is InChI=1S/C13H17N3O/c1-9(2)12-5-7-16(15-12)13-8-11(10(3)17)4-6-14-13/h4-10,17H,1-3H3/t10-/m0/s1. The summed E-state index contributed by atoms with van der Waals surface area (Å²) in [4.78, 5) is 4.25. The van der Waals surface area contributed by atoms with Crippen LogP contribution >= 0.6 is 0 Å². The first-order chi connectivity index (χ1) is 8.08. The first kappa shape index (κ1) is 11.8. The average molecular weight is 231 g/mol. The van der Waals surface area contributed by atoms with Gasteiger partial charge in [-0.25, -0.2) is 9.67 Å². The molecule has 0 amide bonds. The number of aromatic nitrogens is 3. The van der Waals surface area contributed by atoms with Crippen molar-refractivity contribution in [2.45, 2.75) is 32.8 Å². The van der Waals surface area contributed by atoms with E-state index in [9.17, 15) is 5.11 Å². The molecule has 0 saturated heterocycles. The lowest BCUT2D eigenvalue weighted by molar-refractivity contribution is 0.199. The maximum absolute atomic E-state index is 9.53. The van der Waals surface area contributed by atoms with Gasteiger partial charge >= 0.3 is 0 Å². The topological polar surface area (TPSA) is 50.9 Å². The molecule has 0 aromatic carbocycles. The number of aliphatic hydroxyl groups excluding tert-OH is 1. The van der Waals surface area contributed by atoms with Crippen molar-refractivity contribution in [1.29, 1.82) is 0 Å². The molecule has 0 spiro atoms. The van der Waals surface area contributed by atoms with Crippen molar-refractivity contribution >= 4 is 0 Å². The molecule has 90 valence electrons. The predicted molar refractivity (Wildman–Crippen MR) is 66.1 cm³/mol. The Hall–Kier alpha value is -1.68. The van der Waals surface area contributed by atoms with E-state index in [4.69, 9.17) is 0 Å². The summed E-state index contributed by atoms with van der Waals surface area (Å²) in [6.45, 7) is 5.94. The molecule has 4 nitrogen and oxygen atoms in total. The van der Waals surface area contributed by atoms with Crippen molar-refractivity contribution in [2.75, 3.05) is 0 Å². The summed E-state index contributed by atoms with van der Waals surface area (Å²) in [5.74, 6) is 1.13. The number of hydrogen-bond donors (Lipinski definition) is 1. The molecule has 0 aliphatic carbocycles. The van der Waals surface area contributed by atoms with Gasteiger partial charge in [-0.15, -0.1) is 0 Å². The van der Waals surface area contributed by atoms with E-state index in [-0.39, 0.29) is 0 Å². The fourth-order valence-electron chi connectivity index (χ4n) is 1.59. The molecule has 0 aliphatic heterocycles. The highest BCUT2D eigenvalue weighted by molar-refractivity contribution is 5.28. The Morgan fingerprint density at radius 2 is 2.00 bits per heavy atom. The van der Waals surface area contributed by atoms with Crippen molar-refractivity contribution in [1.82, 2.24) is 14.8 Å². The summed E-state index contributed by atoms with van der Waals surface area (Å²) >= 11 is 0. The van der Waals surface area contributed by atoms with Crippen molar-refractivity contribution in [3.8, 4) is 5.82 Å². The highest BCUT2D eigenvalue weighted by atomic mass is 16.3. The van der Waals surface area contributed by atoms with Crippen molar-refractivity contribution in [2.24, 2.45) is 0 Å². The third-order valence-corrected chi connectivity index (χ3v) is 2.69. The number of nitrogens with zero attached hydrogens (tertiary/aromatic N) is 3. The fourth-order valence-corrected chi connectivity index (χ4v) is 1.59. The van der Waals surface area contributed by atoms with Gasteiger partial charge in [0.15, 0.2) is 5.82 Å². The van der Waals surface area contributed by atoms with E-state index in [1.165, 1.54) is 0 Å². The van der Waals surface area contributed by atoms with Gasteiger partial charge in [-0.3, -0.25) is 0 Å². The molecule has 0 bridgehead atoms. The Labute approximate surface area is 101 Å². The minimum absolute atomic E-state index is 0.399. The highest BCUT2D eigenvalue weighted by Gasteiger charge is 2.07. The zero-order valence-electron chi connectivity index (χ0n) is 10.3. The molecule has 0 saturated carbocycles. The third kappa shape index (κ3) is 2.53. The average Bonchev–Trinajstić information content (AvgIpc) is 2.78. The van der Waals surface area contributed by atoms with Gasteiger partial charge in [0.25, 0.3) is 0 Å². The van der Waals surface area contributed by atoms with Gasteiger partial charge in [-0.05, 0) is 36.6 Å². The molecule has 17 heavy (non-hydrogen) atoms. The van der Waals surface area contributed by atoms with Gasteiger partial charge in [0.05, 0.1) is 11.8 Å². The number of hydrogen-bond acceptors (Lipinski definition) is 3. The van der Waals surface area contributed by atoms with E-state index >= 15 is 0 Å². The Kier molecular flexibility index (Phi) is 3.24. The van der Waals surface area contributed by atoms with Crippen LogP contribution in [0.1, 0.15) is 44.1 Å². The zero-order valence-corrected chi connectivity index (χ0v) is 10.3. The van der Waals surface area contributed by atoms with Gasteiger partial charge < -0.3 is 5.11 Å². The molecule has 2 rings (SSSR count). The summed E-state index contributed by atoms with van der Waals surface area (Å²) in [6.07, 6.45) is 3.09. The zero-order chi connectivity index (χ0) is 12.4. The number of aliphatic hydroxyl groups is 1. The van der Waals surface area contributed by atoms with E-state index in [0.717, 1.165) is 17.1 Å². The largest absolute Gasteiger partial charge is 0.389 e. The minimum Gasteiger partial charge on any atom is -0.389 e. The molecule has 2 aromatic heterocycles. The molecule has 2 aromatic rings. The Morgan fingerprint density at radius 1 is 1.24 bits per heavy atom. The van der Waals surface area contributed by atoms with Crippen LogP contribution in [0.4, 0.5) is 0 Å². The third-order valence-electron chi connectivity index (χ3n) is 2.69. The van der Waals surface area contributed by atoms with Crippen LogP contribution in [0, 0.1) is 0 Å². The Balaban J connectivity index is 2.35. The minimum atomic E-state index is -0.489. The van der Waals surface area contributed by atoms with Gasteiger partial charge in [0.1, 0.15) is 0 Å². The van der Waals surface area contributed by atoms with E-state index < -0.39 is 6.10 Å². The van der Waals surface area contributed by atoms with E-state index in [0.29, 0.717) is 5.92 Å². The molecule has 0 fully saturated rings. The maximum Gasteiger partial charge on any atom is 0.153 e.